The monoisotopic (exact) mass is 327 g/mol. The van der Waals surface area contributed by atoms with Crippen molar-refractivity contribution in [1.82, 2.24) is 14.9 Å². The molecule has 19 heavy (non-hydrogen) atoms. The van der Waals surface area contributed by atoms with Crippen molar-refractivity contribution in [2.45, 2.75) is 38.7 Å². The van der Waals surface area contributed by atoms with E-state index in [0.717, 1.165) is 16.7 Å². The molecule has 0 aromatic carbocycles. The summed E-state index contributed by atoms with van der Waals surface area (Å²) in [5, 5.41) is 0. The molecule has 1 aromatic heterocycles. The topological polar surface area (TPSA) is 55.3 Å². The van der Waals surface area contributed by atoms with Crippen molar-refractivity contribution in [2.75, 3.05) is 13.1 Å². The fraction of sp³-hybridized carbons (Fsp3) is 0.615. The number of hydrogen-bond donors (Lipinski definition) is 0. The molecule has 6 heteroatoms. The molecule has 1 aromatic rings. The van der Waals surface area contributed by atoms with Gasteiger partial charge in [0, 0.05) is 31.4 Å². The highest BCUT2D eigenvalue weighted by molar-refractivity contribution is 9.10. The quantitative estimate of drug-likeness (QED) is 0.795. The van der Waals surface area contributed by atoms with Crippen LogP contribution < -0.4 is 0 Å². The van der Waals surface area contributed by atoms with Crippen LogP contribution in [0, 0.1) is 0 Å². The number of rotatable bonds is 1. The predicted octanol–water partition coefficient (Wildman–Crippen LogP) is 2.96. The Morgan fingerprint density at radius 2 is 2.05 bits per heavy atom. The molecule has 0 bridgehead atoms. The van der Waals surface area contributed by atoms with E-state index in [0.29, 0.717) is 13.1 Å². The molecule has 1 saturated heterocycles. The molecule has 0 saturated carbocycles. The van der Waals surface area contributed by atoms with E-state index in [4.69, 9.17) is 4.74 Å². The summed E-state index contributed by atoms with van der Waals surface area (Å²) in [4.78, 5) is 22.3. The second-order valence-corrected chi connectivity index (χ2v) is 6.59. The number of amides is 1. The zero-order valence-corrected chi connectivity index (χ0v) is 13.0. The third-order valence-corrected chi connectivity index (χ3v) is 3.25. The summed E-state index contributed by atoms with van der Waals surface area (Å²) in [6.45, 7) is 6.93. The van der Waals surface area contributed by atoms with E-state index in [-0.39, 0.29) is 12.0 Å². The van der Waals surface area contributed by atoms with Gasteiger partial charge >= 0.3 is 6.09 Å². The van der Waals surface area contributed by atoms with Crippen molar-refractivity contribution in [3.8, 4) is 0 Å². The Morgan fingerprint density at radius 3 is 2.63 bits per heavy atom. The summed E-state index contributed by atoms with van der Waals surface area (Å²) in [5.74, 6) is 0.981. The zero-order chi connectivity index (χ0) is 14.0. The number of aromatic nitrogens is 2. The van der Waals surface area contributed by atoms with Crippen LogP contribution in [0.25, 0.3) is 0 Å². The lowest BCUT2D eigenvalue weighted by molar-refractivity contribution is 0.0292. The summed E-state index contributed by atoms with van der Waals surface area (Å²) in [7, 11) is 0. The van der Waals surface area contributed by atoms with Gasteiger partial charge in [-0.1, -0.05) is 0 Å². The number of hydrogen-bond acceptors (Lipinski definition) is 4. The maximum atomic E-state index is 11.9. The van der Waals surface area contributed by atoms with Crippen molar-refractivity contribution in [3.63, 3.8) is 0 Å². The fourth-order valence-corrected chi connectivity index (χ4v) is 2.20. The number of halogens is 1. The number of carbonyl (C=O) groups excluding carboxylic acids is 1. The third-order valence-electron chi connectivity index (χ3n) is 2.85. The average molecular weight is 328 g/mol. The summed E-state index contributed by atoms with van der Waals surface area (Å²) in [5.41, 5.74) is -0.455. The van der Waals surface area contributed by atoms with Crippen molar-refractivity contribution >= 4 is 22.0 Å². The van der Waals surface area contributed by atoms with Gasteiger partial charge in [-0.3, -0.25) is 0 Å². The van der Waals surface area contributed by atoms with Gasteiger partial charge in [0.25, 0.3) is 0 Å². The molecule has 1 amide bonds. The van der Waals surface area contributed by atoms with Gasteiger partial charge in [0.1, 0.15) is 11.4 Å². The second kappa shape index (κ2) is 5.45. The van der Waals surface area contributed by atoms with Crippen LogP contribution in [0.15, 0.2) is 16.9 Å². The summed E-state index contributed by atoms with van der Waals surface area (Å²) in [6.07, 6.45) is 4.09. The molecule has 0 N–H and O–H groups in total. The van der Waals surface area contributed by atoms with Crippen LogP contribution >= 0.6 is 15.9 Å². The lowest BCUT2D eigenvalue weighted by Crippen LogP contribution is -2.35. The minimum absolute atomic E-state index is 0.195. The number of carbonyl (C=O) groups is 1. The predicted molar refractivity (Wildman–Crippen MR) is 74.9 cm³/mol. The van der Waals surface area contributed by atoms with Crippen LogP contribution in [-0.4, -0.2) is 39.7 Å². The molecule has 104 valence electrons. The first-order valence-electron chi connectivity index (χ1n) is 6.30. The highest BCUT2D eigenvalue weighted by Gasteiger charge is 2.31. The van der Waals surface area contributed by atoms with Gasteiger partial charge in [-0.25, -0.2) is 14.8 Å². The minimum atomic E-state index is -0.455. The fourth-order valence-electron chi connectivity index (χ4n) is 2.00. The van der Waals surface area contributed by atoms with Crippen LogP contribution in [0.5, 0.6) is 0 Å². The van der Waals surface area contributed by atoms with Crippen LogP contribution in [0.3, 0.4) is 0 Å². The van der Waals surface area contributed by atoms with Crippen molar-refractivity contribution in [3.05, 3.63) is 22.7 Å². The maximum Gasteiger partial charge on any atom is 0.410 e. The minimum Gasteiger partial charge on any atom is -0.444 e. The Labute approximate surface area is 121 Å². The maximum absolute atomic E-state index is 11.9. The molecule has 2 heterocycles. The highest BCUT2D eigenvalue weighted by atomic mass is 79.9. The van der Waals surface area contributed by atoms with E-state index >= 15 is 0 Å². The van der Waals surface area contributed by atoms with Gasteiger partial charge in [0.2, 0.25) is 0 Å². The van der Waals surface area contributed by atoms with Gasteiger partial charge in [-0.2, -0.15) is 0 Å². The van der Waals surface area contributed by atoms with Gasteiger partial charge < -0.3 is 9.64 Å². The molecular weight excluding hydrogens is 310 g/mol. The Bertz CT molecular complexity index is 456. The number of likely N-dealkylation sites (tertiary alicyclic amines) is 1. The second-order valence-electron chi connectivity index (χ2n) is 5.67. The Hall–Kier alpha value is -1.17. The number of ether oxygens (including phenoxy) is 1. The first-order chi connectivity index (χ1) is 8.85. The van der Waals surface area contributed by atoms with Crippen LogP contribution in [-0.2, 0) is 4.74 Å². The molecule has 1 atom stereocenters. The Balaban J connectivity index is 1.96. The van der Waals surface area contributed by atoms with Gasteiger partial charge in [-0.15, -0.1) is 0 Å². The molecule has 0 spiro atoms. The first-order valence-corrected chi connectivity index (χ1v) is 7.10. The Kier molecular flexibility index (Phi) is 4.08. The molecule has 1 fully saturated rings. The first kappa shape index (κ1) is 14.2. The standard InChI is InChI=1S/C13H18BrN3O2/c1-13(2,3)19-12(18)17-5-4-9(8-17)11-15-6-10(14)7-16-11/h6-7,9H,4-5,8H2,1-3H3. The lowest BCUT2D eigenvalue weighted by Gasteiger charge is -2.24. The molecular formula is C13H18BrN3O2. The van der Waals surface area contributed by atoms with Gasteiger partial charge in [-0.05, 0) is 43.1 Å². The van der Waals surface area contributed by atoms with Gasteiger partial charge in [0.15, 0.2) is 0 Å². The van der Waals surface area contributed by atoms with E-state index in [9.17, 15) is 4.79 Å². The normalized spacial score (nSPS) is 19.6. The highest BCUT2D eigenvalue weighted by Crippen LogP contribution is 2.26. The van der Waals surface area contributed by atoms with Crippen LogP contribution in [0.4, 0.5) is 4.79 Å². The summed E-state index contributed by atoms with van der Waals surface area (Å²) in [6, 6.07) is 0. The van der Waals surface area contributed by atoms with Crippen molar-refractivity contribution < 1.29 is 9.53 Å². The summed E-state index contributed by atoms with van der Waals surface area (Å²) < 4.78 is 6.22. The van der Waals surface area contributed by atoms with Crippen LogP contribution in [0.1, 0.15) is 38.9 Å². The van der Waals surface area contributed by atoms with E-state index < -0.39 is 5.60 Å². The molecule has 2 rings (SSSR count). The molecule has 1 unspecified atom stereocenters. The lowest BCUT2D eigenvalue weighted by atomic mass is 10.1. The molecule has 1 aliphatic rings. The molecule has 0 radical (unpaired) electrons. The third kappa shape index (κ3) is 3.89. The molecule has 0 aliphatic carbocycles. The SMILES string of the molecule is CC(C)(C)OC(=O)N1CCC(c2ncc(Br)cn2)C1. The summed E-state index contributed by atoms with van der Waals surface area (Å²) >= 11 is 3.31. The average Bonchev–Trinajstić information content (AvgIpc) is 2.77. The Morgan fingerprint density at radius 1 is 1.42 bits per heavy atom. The van der Waals surface area contributed by atoms with E-state index in [1.165, 1.54) is 0 Å². The largest absolute Gasteiger partial charge is 0.444 e. The molecule has 1 aliphatic heterocycles. The smallest absolute Gasteiger partial charge is 0.410 e. The van der Waals surface area contributed by atoms with Crippen molar-refractivity contribution in [1.29, 1.82) is 0 Å². The number of nitrogens with zero attached hydrogens (tertiary/aromatic N) is 3. The molecule has 5 nitrogen and oxygen atoms in total. The van der Waals surface area contributed by atoms with E-state index in [1.807, 2.05) is 20.8 Å². The van der Waals surface area contributed by atoms with Crippen LogP contribution in [0.2, 0.25) is 0 Å². The van der Waals surface area contributed by atoms with E-state index in [2.05, 4.69) is 25.9 Å². The van der Waals surface area contributed by atoms with E-state index in [1.54, 1.807) is 17.3 Å². The zero-order valence-electron chi connectivity index (χ0n) is 11.4. The van der Waals surface area contributed by atoms with Crippen molar-refractivity contribution in [2.24, 2.45) is 0 Å². The van der Waals surface area contributed by atoms with Gasteiger partial charge in [0.05, 0.1) is 4.47 Å².